The maximum absolute atomic E-state index is 11.3. The number of hydrogen-bond acceptors (Lipinski definition) is 2. The quantitative estimate of drug-likeness (QED) is 0.939. The first-order valence-corrected chi connectivity index (χ1v) is 6.01. The molecule has 2 aromatic rings. The van der Waals surface area contributed by atoms with Crippen molar-refractivity contribution in [3.63, 3.8) is 0 Å². The van der Waals surface area contributed by atoms with Crippen molar-refractivity contribution in [1.29, 1.82) is 0 Å². The number of nitrogens with zero attached hydrogens (tertiary/aromatic N) is 1. The summed E-state index contributed by atoms with van der Waals surface area (Å²) >= 11 is 12.0. The van der Waals surface area contributed by atoms with Gasteiger partial charge in [0.2, 0.25) is 0 Å². The summed E-state index contributed by atoms with van der Waals surface area (Å²) in [6.45, 7) is 0.936. The van der Waals surface area contributed by atoms with Gasteiger partial charge in [-0.25, -0.2) is 4.79 Å². The third-order valence-electron chi connectivity index (χ3n) is 2.69. The first-order valence-electron chi connectivity index (χ1n) is 5.25. The number of fused-ring (bicyclic) bond motifs is 1. The van der Waals surface area contributed by atoms with Crippen molar-refractivity contribution >= 4 is 40.1 Å². The number of aromatic nitrogens is 1. The van der Waals surface area contributed by atoms with Crippen LogP contribution in [0, 0.1) is 0 Å². The van der Waals surface area contributed by atoms with Crippen LogP contribution in [-0.2, 0) is 11.3 Å². The Morgan fingerprint density at radius 3 is 2.78 bits per heavy atom. The second-order valence-corrected chi connectivity index (χ2v) is 4.57. The van der Waals surface area contributed by atoms with Crippen molar-refractivity contribution in [3.05, 3.63) is 33.9 Å². The largest absolute Gasteiger partial charge is 0.478 e. The Kier molecular flexibility index (Phi) is 3.80. The van der Waals surface area contributed by atoms with Gasteiger partial charge in [0, 0.05) is 24.1 Å². The molecule has 1 N–H and O–H groups in total. The number of ether oxygens (including phenoxy) is 1. The first-order chi connectivity index (χ1) is 8.56. The van der Waals surface area contributed by atoms with Crippen LogP contribution in [-0.4, -0.2) is 29.4 Å². The van der Waals surface area contributed by atoms with E-state index in [0.717, 1.165) is 5.52 Å². The third-order valence-corrected chi connectivity index (χ3v) is 3.32. The zero-order chi connectivity index (χ0) is 13.3. The third kappa shape index (κ3) is 2.19. The topological polar surface area (TPSA) is 51.5 Å². The summed E-state index contributed by atoms with van der Waals surface area (Å²) in [5.41, 5.74) is 0.809. The van der Waals surface area contributed by atoms with Gasteiger partial charge in [0.25, 0.3) is 0 Å². The second-order valence-electron chi connectivity index (χ2n) is 3.78. The first kappa shape index (κ1) is 13.2. The van der Waals surface area contributed by atoms with Crippen molar-refractivity contribution in [2.45, 2.75) is 6.54 Å². The zero-order valence-electron chi connectivity index (χ0n) is 9.61. The van der Waals surface area contributed by atoms with E-state index in [2.05, 4.69) is 0 Å². The molecule has 0 saturated carbocycles. The summed E-state index contributed by atoms with van der Waals surface area (Å²) in [4.78, 5) is 11.3. The van der Waals surface area contributed by atoms with Gasteiger partial charge < -0.3 is 14.4 Å². The number of hydrogen-bond donors (Lipinski definition) is 1. The van der Waals surface area contributed by atoms with Gasteiger partial charge in [-0.1, -0.05) is 23.2 Å². The Labute approximate surface area is 114 Å². The van der Waals surface area contributed by atoms with E-state index in [1.807, 2.05) is 0 Å². The molecule has 0 saturated heterocycles. The number of rotatable bonds is 4. The molecule has 0 aliphatic heterocycles. The van der Waals surface area contributed by atoms with E-state index in [0.29, 0.717) is 23.6 Å². The van der Waals surface area contributed by atoms with E-state index < -0.39 is 5.97 Å². The number of aromatic carboxylic acids is 1. The fraction of sp³-hybridized carbons (Fsp3) is 0.250. The molecular weight excluding hydrogens is 277 g/mol. The van der Waals surface area contributed by atoms with Gasteiger partial charge in [-0.15, -0.1) is 0 Å². The molecule has 0 atom stereocenters. The highest BCUT2D eigenvalue weighted by atomic mass is 35.5. The molecule has 18 heavy (non-hydrogen) atoms. The highest BCUT2D eigenvalue weighted by Crippen LogP contribution is 2.31. The predicted octanol–water partition coefficient (Wildman–Crippen LogP) is 3.29. The van der Waals surface area contributed by atoms with Crippen LogP contribution in [0.25, 0.3) is 10.9 Å². The number of methoxy groups -OCH3 is 1. The van der Waals surface area contributed by atoms with Crippen LogP contribution in [0.15, 0.2) is 18.2 Å². The summed E-state index contributed by atoms with van der Waals surface area (Å²) in [6, 6.07) is 5.07. The highest BCUT2D eigenvalue weighted by Gasteiger charge is 2.20. The number of carbonyl (C=O) groups is 1. The molecule has 96 valence electrons. The van der Waals surface area contributed by atoms with Gasteiger partial charge in [-0.3, -0.25) is 0 Å². The predicted molar refractivity (Wildman–Crippen MR) is 70.8 cm³/mol. The monoisotopic (exact) mass is 287 g/mol. The maximum Gasteiger partial charge on any atom is 0.339 e. The lowest BCUT2D eigenvalue weighted by molar-refractivity contribution is 0.0699. The minimum Gasteiger partial charge on any atom is -0.478 e. The van der Waals surface area contributed by atoms with Crippen LogP contribution >= 0.6 is 23.2 Å². The molecule has 0 amide bonds. The molecule has 0 bridgehead atoms. The van der Waals surface area contributed by atoms with Crippen LogP contribution < -0.4 is 0 Å². The van der Waals surface area contributed by atoms with Crippen LogP contribution in [0.3, 0.4) is 0 Å². The molecule has 0 spiro atoms. The molecule has 0 aliphatic rings. The van der Waals surface area contributed by atoms with Gasteiger partial charge in [0.1, 0.15) is 10.7 Å². The average Bonchev–Trinajstić information content (AvgIpc) is 2.58. The molecule has 6 heteroatoms. The minimum absolute atomic E-state index is 0.0743. The van der Waals surface area contributed by atoms with Crippen molar-refractivity contribution < 1.29 is 14.6 Å². The van der Waals surface area contributed by atoms with Crippen LogP contribution in [0.2, 0.25) is 10.2 Å². The van der Waals surface area contributed by atoms with Crippen LogP contribution in [0.5, 0.6) is 0 Å². The number of carboxylic acid groups (broad SMARTS) is 1. The molecule has 1 aromatic heterocycles. The molecule has 1 aromatic carbocycles. The molecule has 0 unspecified atom stereocenters. The Bertz CT molecular complexity index is 607. The lowest BCUT2D eigenvalue weighted by Crippen LogP contribution is -2.05. The van der Waals surface area contributed by atoms with E-state index in [1.165, 1.54) is 0 Å². The Hall–Kier alpha value is -1.23. The van der Waals surface area contributed by atoms with Crippen molar-refractivity contribution in [1.82, 2.24) is 4.57 Å². The molecule has 0 aliphatic carbocycles. The van der Waals surface area contributed by atoms with Crippen LogP contribution in [0.4, 0.5) is 0 Å². The SMILES string of the molecule is COCCn1c(Cl)c(C(=O)O)c2cc(Cl)ccc21. The molecule has 2 rings (SSSR count). The lowest BCUT2D eigenvalue weighted by Gasteiger charge is -2.05. The summed E-state index contributed by atoms with van der Waals surface area (Å²) < 4.78 is 6.70. The van der Waals surface area contributed by atoms with E-state index in [1.54, 1.807) is 29.9 Å². The standard InChI is InChI=1S/C12H11Cl2NO3/c1-18-5-4-15-9-3-2-7(13)6-8(9)10(11(15)14)12(16)17/h2-3,6H,4-5H2,1H3,(H,16,17). The smallest absolute Gasteiger partial charge is 0.339 e. The summed E-state index contributed by atoms with van der Waals surface area (Å²) in [5.74, 6) is -1.07. The molecule has 0 fully saturated rings. The normalized spacial score (nSPS) is 11.1. The van der Waals surface area contributed by atoms with E-state index in [-0.39, 0.29) is 10.7 Å². The Morgan fingerprint density at radius 1 is 1.44 bits per heavy atom. The zero-order valence-corrected chi connectivity index (χ0v) is 11.1. The van der Waals surface area contributed by atoms with Crippen molar-refractivity contribution in [3.8, 4) is 0 Å². The average molecular weight is 288 g/mol. The van der Waals surface area contributed by atoms with Crippen LogP contribution in [0.1, 0.15) is 10.4 Å². The fourth-order valence-electron chi connectivity index (χ4n) is 1.90. The van der Waals surface area contributed by atoms with Gasteiger partial charge >= 0.3 is 5.97 Å². The van der Waals surface area contributed by atoms with E-state index in [4.69, 9.17) is 27.9 Å². The van der Waals surface area contributed by atoms with E-state index >= 15 is 0 Å². The van der Waals surface area contributed by atoms with Gasteiger partial charge in [-0.05, 0) is 18.2 Å². The number of halogens is 2. The molecular formula is C12H11Cl2NO3. The Morgan fingerprint density at radius 2 is 2.17 bits per heavy atom. The van der Waals surface area contributed by atoms with Crippen molar-refractivity contribution in [2.75, 3.05) is 13.7 Å². The Balaban J connectivity index is 2.70. The molecule has 0 radical (unpaired) electrons. The minimum atomic E-state index is -1.07. The fourth-order valence-corrected chi connectivity index (χ4v) is 2.43. The summed E-state index contributed by atoms with van der Waals surface area (Å²) in [6.07, 6.45) is 0. The summed E-state index contributed by atoms with van der Waals surface area (Å²) in [5, 5.41) is 10.4. The molecule has 1 heterocycles. The second kappa shape index (κ2) is 5.18. The van der Waals surface area contributed by atoms with Gasteiger partial charge in [0.15, 0.2) is 0 Å². The highest BCUT2D eigenvalue weighted by molar-refractivity contribution is 6.36. The molecule has 4 nitrogen and oxygen atoms in total. The number of benzene rings is 1. The van der Waals surface area contributed by atoms with Gasteiger partial charge in [-0.2, -0.15) is 0 Å². The van der Waals surface area contributed by atoms with Crippen molar-refractivity contribution in [2.24, 2.45) is 0 Å². The lowest BCUT2D eigenvalue weighted by atomic mass is 10.2. The van der Waals surface area contributed by atoms with E-state index in [9.17, 15) is 9.90 Å². The maximum atomic E-state index is 11.3. The summed E-state index contributed by atoms with van der Waals surface area (Å²) in [7, 11) is 1.58. The number of carboxylic acids is 1. The van der Waals surface area contributed by atoms with Gasteiger partial charge in [0.05, 0.1) is 12.1 Å².